The Morgan fingerprint density at radius 2 is 2.33 bits per heavy atom. The standard InChI is InChI=1S/C6H6N2O/c9-4-1-6-5-7-2-3-8-6/h1-5,9H/b4-1+. The van der Waals surface area contributed by atoms with Gasteiger partial charge in [0.05, 0.1) is 18.2 Å². The lowest BCUT2D eigenvalue weighted by atomic mass is 10.4. The van der Waals surface area contributed by atoms with Crippen molar-refractivity contribution in [1.82, 2.24) is 9.97 Å². The molecule has 0 spiro atoms. The van der Waals surface area contributed by atoms with E-state index in [-0.39, 0.29) is 0 Å². The fraction of sp³-hybridized carbons (Fsp3) is 0. The van der Waals surface area contributed by atoms with Crippen molar-refractivity contribution in [2.45, 2.75) is 0 Å². The van der Waals surface area contributed by atoms with E-state index in [1.807, 2.05) is 0 Å². The average Bonchev–Trinajstić information content (AvgIpc) is 1.91. The Kier molecular flexibility index (Phi) is 1.80. The molecule has 0 aliphatic heterocycles. The molecule has 3 heteroatoms. The molecule has 3 nitrogen and oxygen atoms in total. The van der Waals surface area contributed by atoms with Crippen molar-refractivity contribution in [1.29, 1.82) is 0 Å². The maximum atomic E-state index is 8.27. The maximum Gasteiger partial charge on any atom is 0.0843 e. The van der Waals surface area contributed by atoms with Crippen LogP contribution in [0.4, 0.5) is 0 Å². The van der Waals surface area contributed by atoms with Crippen LogP contribution in [-0.4, -0.2) is 15.1 Å². The minimum absolute atomic E-state index is 0.653. The van der Waals surface area contributed by atoms with Gasteiger partial charge in [-0.2, -0.15) is 0 Å². The second-order valence-corrected chi connectivity index (χ2v) is 1.45. The molecular formula is C6H6N2O. The smallest absolute Gasteiger partial charge is 0.0843 e. The molecule has 0 aromatic carbocycles. The van der Waals surface area contributed by atoms with E-state index in [0.717, 1.165) is 6.26 Å². The molecule has 0 amide bonds. The Morgan fingerprint density at radius 3 is 2.89 bits per heavy atom. The van der Waals surface area contributed by atoms with Crippen molar-refractivity contribution < 1.29 is 5.11 Å². The van der Waals surface area contributed by atoms with E-state index in [0.29, 0.717) is 5.69 Å². The van der Waals surface area contributed by atoms with Crippen LogP contribution >= 0.6 is 0 Å². The minimum Gasteiger partial charge on any atom is -0.516 e. The quantitative estimate of drug-likeness (QED) is 0.565. The number of aliphatic hydroxyl groups is 1. The lowest BCUT2D eigenvalue weighted by Gasteiger charge is -1.85. The summed E-state index contributed by atoms with van der Waals surface area (Å²) in [4.78, 5) is 7.64. The first kappa shape index (κ1) is 5.75. The van der Waals surface area contributed by atoms with Gasteiger partial charge in [0, 0.05) is 12.4 Å². The van der Waals surface area contributed by atoms with Crippen LogP contribution in [-0.2, 0) is 0 Å². The third kappa shape index (κ3) is 1.53. The van der Waals surface area contributed by atoms with Crippen LogP contribution in [0.2, 0.25) is 0 Å². The van der Waals surface area contributed by atoms with Crippen LogP contribution in [0.1, 0.15) is 5.69 Å². The highest BCUT2D eigenvalue weighted by atomic mass is 16.2. The average molecular weight is 122 g/mol. The van der Waals surface area contributed by atoms with Gasteiger partial charge in [-0.3, -0.25) is 9.97 Å². The summed E-state index contributed by atoms with van der Waals surface area (Å²) in [7, 11) is 0. The normalized spacial score (nSPS) is 10.2. The zero-order valence-electron chi connectivity index (χ0n) is 4.73. The van der Waals surface area contributed by atoms with E-state index in [1.54, 1.807) is 18.6 Å². The zero-order chi connectivity index (χ0) is 6.53. The molecule has 0 atom stereocenters. The molecular weight excluding hydrogens is 116 g/mol. The molecule has 1 aromatic heterocycles. The molecule has 0 unspecified atom stereocenters. The summed E-state index contributed by atoms with van der Waals surface area (Å²) >= 11 is 0. The monoisotopic (exact) mass is 122 g/mol. The lowest BCUT2D eigenvalue weighted by Crippen LogP contribution is -1.79. The van der Waals surface area contributed by atoms with Gasteiger partial charge in [0.25, 0.3) is 0 Å². The van der Waals surface area contributed by atoms with Crippen molar-refractivity contribution in [3.8, 4) is 0 Å². The number of nitrogens with zero attached hydrogens (tertiary/aromatic N) is 2. The fourth-order valence-electron chi connectivity index (χ4n) is 0.473. The topological polar surface area (TPSA) is 46.0 Å². The van der Waals surface area contributed by atoms with Crippen LogP contribution in [0.3, 0.4) is 0 Å². The molecule has 0 fully saturated rings. The molecule has 0 saturated heterocycles. The van der Waals surface area contributed by atoms with Gasteiger partial charge < -0.3 is 5.11 Å². The van der Waals surface area contributed by atoms with E-state index in [4.69, 9.17) is 5.11 Å². The van der Waals surface area contributed by atoms with Gasteiger partial charge in [-0.05, 0) is 6.08 Å². The Hall–Kier alpha value is -1.38. The molecule has 0 saturated carbocycles. The number of rotatable bonds is 1. The number of aromatic nitrogens is 2. The van der Waals surface area contributed by atoms with Crippen LogP contribution in [0, 0.1) is 0 Å². The second kappa shape index (κ2) is 2.81. The van der Waals surface area contributed by atoms with Crippen LogP contribution in [0.25, 0.3) is 6.08 Å². The fourth-order valence-corrected chi connectivity index (χ4v) is 0.473. The predicted octanol–water partition coefficient (Wildman–Crippen LogP) is 1.01. The number of aliphatic hydroxyl groups excluding tert-OH is 1. The molecule has 46 valence electrons. The summed E-state index contributed by atoms with van der Waals surface area (Å²) < 4.78 is 0. The summed E-state index contributed by atoms with van der Waals surface area (Å²) in [6, 6.07) is 0. The summed E-state index contributed by atoms with van der Waals surface area (Å²) in [6.07, 6.45) is 7.10. The Balaban J connectivity index is 2.85. The van der Waals surface area contributed by atoms with Crippen molar-refractivity contribution in [3.63, 3.8) is 0 Å². The summed E-state index contributed by atoms with van der Waals surface area (Å²) in [5.41, 5.74) is 0.653. The van der Waals surface area contributed by atoms with E-state index < -0.39 is 0 Å². The number of hydrogen-bond acceptors (Lipinski definition) is 3. The Morgan fingerprint density at radius 1 is 1.44 bits per heavy atom. The van der Waals surface area contributed by atoms with E-state index in [2.05, 4.69) is 9.97 Å². The molecule has 0 aliphatic rings. The highest BCUT2D eigenvalue weighted by Gasteiger charge is 1.81. The van der Waals surface area contributed by atoms with E-state index >= 15 is 0 Å². The van der Waals surface area contributed by atoms with Crippen molar-refractivity contribution in [3.05, 3.63) is 30.5 Å². The van der Waals surface area contributed by atoms with Gasteiger partial charge in [-0.15, -0.1) is 0 Å². The van der Waals surface area contributed by atoms with Gasteiger partial charge in [0.1, 0.15) is 0 Å². The van der Waals surface area contributed by atoms with Crippen LogP contribution < -0.4 is 0 Å². The Bertz CT molecular complexity index is 195. The third-order valence-electron chi connectivity index (χ3n) is 0.828. The van der Waals surface area contributed by atoms with Gasteiger partial charge in [-0.25, -0.2) is 0 Å². The van der Waals surface area contributed by atoms with Crippen molar-refractivity contribution >= 4 is 6.08 Å². The van der Waals surface area contributed by atoms with Crippen molar-refractivity contribution in [2.24, 2.45) is 0 Å². The first-order valence-corrected chi connectivity index (χ1v) is 2.50. The molecule has 0 aliphatic carbocycles. The second-order valence-electron chi connectivity index (χ2n) is 1.45. The van der Waals surface area contributed by atoms with E-state index in [9.17, 15) is 0 Å². The molecule has 0 radical (unpaired) electrons. The summed E-state index contributed by atoms with van der Waals surface area (Å²) in [6.45, 7) is 0. The molecule has 1 heterocycles. The van der Waals surface area contributed by atoms with Gasteiger partial charge in [0.15, 0.2) is 0 Å². The molecule has 1 aromatic rings. The summed E-state index contributed by atoms with van der Waals surface area (Å²) in [5.74, 6) is 0. The third-order valence-corrected chi connectivity index (χ3v) is 0.828. The highest BCUT2D eigenvalue weighted by molar-refractivity contribution is 5.40. The highest BCUT2D eigenvalue weighted by Crippen LogP contribution is 1.90. The van der Waals surface area contributed by atoms with Crippen LogP contribution in [0.15, 0.2) is 24.9 Å². The maximum absolute atomic E-state index is 8.27. The Labute approximate surface area is 52.7 Å². The van der Waals surface area contributed by atoms with Crippen molar-refractivity contribution in [2.75, 3.05) is 0 Å². The van der Waals surface area contributed by atoms with Gasteiger partial charge in [0.2, 0.25) is 0 Å². The SMILES string of the molecule is O/C=C/c1cnccn1. The molecule has 1 rings (SSSR count). The first-order valence-electron chi connectivity index (χ1n) is 2.50. The lowest BCUT2D eigenvalue weighted by molar-refractivity contribution is 0.478. The van der Waals surface area contributed by atoms with E-state index in [1.165, 1.54) is 6.08 Å². The largest absolute Gasteiger partial charge is 0.516 e. The van der Waals surface area contributed by atoms with Gasteiger partial charge >= 0.3 is 0 Å². The molecule has 9 heavy (non-hydrogen) atoms. The van der Waals surface area contributed by atoms with Crippen LogP contribution in [0.5, 0.6) is 0 Å². The minimum atomic E-state index is 0.653. The number of hydrogen-bond donors (Lipinski definition) is 1. The van der Waals surface area contributed by atoms with Gasteiger partial charge in [-0.1, -0.05) is 0 Å². The summed E-state index contributed by atoms with van der Waals surface area (Å²) in [5, 5.41) is 8.27. The molecule has 1 N–H and O–H groups in total. The first-order chi connectivity index (χ1) is 4.43. The zero-order valence-corrected chi connectivity index (χ0v) is 4.73. The predicted molar refractivity (Wildman–Crippen MR) is 33.7 cm³/mol. The molecule has 0 bridgehead atoms.